The largest absolute Gasteiger partial charge is 0.278 e. The number of thiazole rings is 1. The van der Waals surface area contributed by atoms with Crippen LogP contribution in [0.25, 0.3) is 10.2 Å². The molecule has 146 valence electrons. The minimum atomic E-state index is -0.246. The van der Waals surface area contributed by atoms with E-state index in [1.807, 2.05) is 37.3 Å². The van der Waals surface area contributed by atoms with Crippen molar-refractivity contribution < 1.29 is 4.79 Å². The van der Waals surface area contributed by atoms with Crippen LogP contribution in [0.1, 0.15) is 21.6 Å². The Morgan fingerprint density at radius 1 is 1.14 bits per heavy atom. The minimum Gasteiger partial charge on any atom is -0.278 e. The maximum absolute atomic E-state index is 13.5. The number of hydrogen-bond donors (Lipinski definition) is 0. The zero-order chi connectivity index (χ0) is 20.5. The van der Waals surface area contributed by atoms with Crippen LogP contribution in [0, 0.1) is 6.92 Å². The van der Waals surface area contributed by atoms with E-state index in [2.05, 4.69) is 20.9 Å². The highest BCUT2D eigenvalue weighted by molar-refractivity contribution is 9.10. The lowest BCUT2D eigenvalue weighted by Gasteiger charge is -2.20. The number of aryl methyl sites for hydroxylation is 1. The van der Waals surface area contributed by atoms with Gasteiger partial charge in [0, 0.05) is 15.7 Å². The molecule has 0 bridgehead atoms. The highest BCUT2D eigenvalue weighted by atomic mass is 79.9. The van der Waals surface area contributed by atoms with Crippen LogP contribution in [-0.4, -0.2) is 15.9 Å². The molecule has 0 saturated heterocycles. The number of carbonyl (C=O) groups is 1. The number of benzene rings is 2. The van der Waals surface area contributed by atoms with Crippen molar-refractivity contribution in [2.24, 2.45) is 0 Å². The maximum atomic E-state index is 13.5. The highest BCUT2D eigenvalue weighted by Crippen LogP contribution is 2.35. The van der Waals surface area contributed by atoms with Crippen molar-refractivity contribution in [3.8, 4) is 0 Å². The quantitative estimate of drug-likeness (QED) is 0.302. The first-order valence-electron chi connectivity index (χ1n) is 8.66. The molecule has 0 radical (unpaired) electrons. The second-order valence-electron chi connectivity index (χ2n) is 6.35. The SMILES string of the molecule is Cc1c(Cl)ccc2sc(N(Cc3ccccn3)C(=O)c3cc(Br)ccc3Cl)nc12. The van der Waals surface area contributed by atoms with Gasteiger partial charge in [0.15, 0.2) is 5.13 Å². The molecule has 0 aliphatic rings. The number of carbonyl (C=O) groups excluding carboxylic acids is 1. The summed E-state index contributed by atoms with van der Waals surface area (Å²) in [6, 6.07) is 14.6. The Labute approximate surface area is 190 Å². The number of anilines is 1. The third-order valence-electron chi connectivity index (χ3n) is 4.42. The van der Waals surface area contributed by atoms with E-state index in [9.17, 15) is 4.79 Å². The van der Waals surface area contributed by atoms with Crippen molar-refractivity contribution in [2.45, 2.75) is 13.5 Å². The summed E-state index contributed by atoms with van der Waals surface area (Å²) in [7, 11) is 0. The van der Waals surface area contributed by atoms with Gasteiger partial charge in [0.05, 0.1) is 33.0 Å². The van der Waals surface area contributed by atoms with E-state index < -0.39 is 0 Å². The number of halogens is 3. The molecule has 0 saturated carbocycles. The first-order valence-corrected chi connectivity index (χ1v) is 11.0. The van der Waals surface area contributed by atoms with Gasteiger partial charge in [-0.05, 0) is 55.0 Å². The molecule has 8 heteroatoms. The normalized spacial score (nSPS) is 11.0. The standard InChI is InChI=1S/C21H14BrCl2N3OS/c1-12-16(23)7-8-18-19(12)26-21(29-18)27(11-14-4-2-3-9-25-14)20(28)15-10-13(22)5-6-17(15)24/h2-10H,11H2,1H3. The molecule has 0 N–H and O–H groups in total. The van der Waals surface area contributed by atoms with Crippen molar-refractivity contribution >= 4 is 71.7 Å². The molecule has 4 rings (SSSR count). The van der Waals surface area contributed by atoms with E-state index in [1.54, 1.807) is 29.3 Å². The first-order chi connectivity index (χ1) is 13.9. The number of pyridine rings is 1. The van der Waals surface area contributed by atoms with Gasteiger partial charge in [-0.3, -0.25) is 14.7 Å². The second kappa shape index (κ2) is 8.40. The second-order valence-corrected chi connectivity index (χ2v) is 9.09. The fourth-order valence-corrected chi connectivity index (χ4v) is 4.63. The Hall–Kier alpha value is -1.99. The molecule has 2 aromatic heterocycles. The smallest absolute Gasteiger partial charge is 0.261 e. The van der Waals surface area contributed by atoms with Crippen LogP contribution in [-0.2, 0) is 6.54 Å². The lowest BCUT2D eigenvalue weighted by Crippen LogP contribution is -2.31. The highest BCUT2D eigenvalue weighted by Gasteiger charge is 2.24. The molecule has 29 heavy (non-hydrogen) atoms. The van der Waals surface area contributed by atoms with Gasteiger partial charge in [-0.25, -0.2) is 4.98 Å². The number of nitrogens with zero attached hydrogens (tertiary/aromatic N) is 3. The third-order valence-corrected chi connectivity index (χ3v) is 6.69. The van der Waals surface area contributed by atoms with Gasteiger partial charge in [-0.1, -0.05) is 56.5 Å². The van der Waals surface area contributed by atoms with Gasteiger partial charge in [-0.15, -0.1) is 0 Å². The van der Waals surface area contributed by atoms with E-state index in [0.717, 1.165) is 25.9 Å². The third kappa shape index (κ3) is 4.16. The van der Waals surface area contributed by atoms with Gasteiger partial charge >= 0.3 is 0 Å². The van der Waals surface area contributed by atoms with E-state index in [0.29, 0.717) is 20.7 Å². The lowest BCUT2D eigenvalue weighted by atomic mass is 10.2. The summed E-state index contributed by atoms with van der Waals surface area (Å²) in [5, 5.41) is 1.59. The van der Waals surface area contributed by atoms with Gasteiger partial charge in [0.2, 0.25) is 0 Å². The van der Waals surface area contributed by atoms with Crippen LogP contribution >= 0.6 is 50.5 Å². The zero-order valence-electron chi connectivity index (χ0n) is 15.2. The van der Waals surface area contributed by atoms with E-state index in [-0.39, 0.29) is 12.5 Å². The first kappa shape index (κ1) is 20.3. The molecule has 0 unspecified atom stereocenters. The van der Waals surface area contributed by atoms with E-state index >= 15 is 0 Å². The van der Waals surface area contributed by atoms with Crippen molar-refractivity contribution in [3.05, 3.63) is 86.1 Å². The Bertz CT molecular complexity index is 1210. The topological polar surface area (TPSA) is 46.1 Å². The van der Waals surface area contributed by atoms with Crippen LogP contribution in [0.5, 0.6) is 0 Å². The Balaban J connectivity index is 1.83. The van der Waals surface area contributed by atoms with Crippen molar-refractivity contribution in [2.75, 3.05) is 4.90 Å². The predicted molar refractivity (Wildman–Crippen MR) is 123 cm³/mol. The molecule has 4 aromatic rings. The Morgan fingerprint density at radius 2 is 1.93 bits per heavy atom. The average Bonchev–Trinajstić information content (AvgIpc) is 3.16. The summed E-state index contributed by atoms with van der Waals surface area (Å²) in [5.74, 6) is -0.246. The molecule has 2 aromatic carbocycles. The zero-order valence-corrected chi connectivity index (χ0v) is 19.1. The minimum absolute atomic E-state index is 0.246. The van der Waals surface area contributed by atoms with Crippen molar-refractivity contribution in [1.29, 1.82) is 0 Å². The van der Waals surface area contributed by atoms with Gasteiger partial charge < -0.3 is 0 Å². The van der Waals surface area contributed by atoms with Crippen molar-refractivity contribution in [1.82, 2.24) is 9.97 Å². The summed E-state index contributed by atoms with van der Waals surface area (Å²) in [6.07, 6.45) is 1.70. The molecule has 1 amide bonds. The summed E-state index contributed by atoms with van der Waals surface area (Å²) >= 11 is 17.4. The molecule has 0 atom stereocenters. The van der Waals surface area contributed by atoms with Gasteiger partial charge in [0.25, 0.3) is 5.91 Å². The number of aromatic nitrogens is 2. The van der Waals surface area contributed by atoms with Crippen LogP contribution in [0.4, 0.5) is 5.13 Å². The van der Waals surface area contributed by atoms with Crippen LogP contribution in [0.3, 0.4) is 0 Å². The molecule has 4 nitrogen and oxygen atoms in total. The molecular formula is C21H14BrCl2N3OS. The molecule has 0 aliphatic heterocycles. The number of rotatable bonds is 4. The molecule has 0 spiro atoms. The fourth-order valence-electron chi connectivity index (χ4n) is 2.89. The Morgan fingerprint density at radius 3 is 2.69 bits per heavy atom. The summed E-state index contributed by atoms with van der Waals surface area (Å²) in [6.45, 7) is 2.19. The van der Waals surface area contributed by atoms with E-state index in [4.69, 9.17) is 28.2 Å². The van der Waals surface area contributed by atoms with E-state index in [1.165, 1.54) is 11.3 Å². The van der Waals surface area contributed by atoms with Crippen LogP contribution in [0.15, 0.2) is 59.2 Å². The molecule has 0 fully saturated rings. The summed E-state index contributed by atoms with van der Waals surface area (Å²) in [4.78, 5) is 24.2. The molecular weight excluding hydrogens is 493 g/mol. The predicted octanol–water partition coefficient (Wildman–Crippen LogP) is 6.92. The van der Waals surface area contributed by atoms with Crippen LogP contribution in [0.2, 0.25) is 10.0 Å². The molecule has 2 heterocycles. The van der Waals surface area contributed by atoms with Gasteiger partial charge in [-0.2, -0.15) is 0 Å². The molecule has 0 aliphatic carbocycles. The Kier molecular flexibility index (Phi) is 5.88. The van der Waals surface area contributed by atoms with Crippen molar-refractivity contribution in [3.63, 3.8) is 0 Å². The summed E-state index contributed by atoms with van der Waals surface area (Å²) < 4.78 is 1.73. The number of hydrogen-bond acceptors (Lipinski definition) is 4. The number of amides is 1. The van der Waals surface area contributed by atoms with Gasteiger partial charge in [0.1, 0.15) is 0 Å². The monoisotopic (exact) mass is 505 g/mol. The average molecular weight is 507 g/mol. The lowest BCUT2D eigenvalue weighted by molar-refractivity contribution is 0.0985. The number of fused-ring (bicyclic) bond motifs is 1. The fraction of sp³-hybridized carbons (Fsp3) is 0.0952. The van der Waals surface area contributed by atoms with Crippen LogP contribution < -0.4 is 4.90 Å². The summed E-state index contributed by atoms with van der Waals surface area (Å²) in [5.41, 5.74) is 2.82. The maximum Gasteiger partial charge on any atom is 0.261 e.